The normalized spacial score (nSPS) is 22.1. The zero-order valence-corrected chi connectivity index (χ0v) is 19.1. The highest BCUT2D eigenvalue weighted by Crippen LogP contribution is 2.32. The molecule has 12 heteroatoms. The molecule has 0 aliphatic carbocycles. The zero-order valence-electron chi connectivity index (χ0n) is 18.4. The summed E-state index contributed by atoms with van der Waals surface area (Å²) in [4.78, 5) is 39.9. The molecule has 0 bridgehead atoms. The Morgan fingerprint density at radius 1 is 1.26 bits per heavy atom. The van der Waals surface area contributed by atoms with Gasteiger partial charge in [0.25, 0.3) is 11.8 Å². The summed E-state index contributed by atoms with van der Waals surface area (Å²) in [6.45, 7) is 3.63. The average Bonchev–Trinajstić information content (AvgIpc) is 2.81. The molecule has 4 heterocycles. The number of hydrogen-bond acceptors (Lipinski definition) is 7. The second kappa shape index (κ2) is 9.69. The highest BCUT2D eigenvalue weighted by Gasteiger charge is 2.45. The largest absolute Gasteiger partial charge is 0.365 e. The number of nitrogens with zero attached hydrogens (tertiary/aromatic N) is 5. The molecule has 0 radical (unpaired) electrons. The van der Waals surface area contributed by atoms with Crippen molar-refractivity contribution in [3.05, 3.63) is 53.6 Å². The van der Waals surface area contributed by atoms with E-state index in [1.54, 1.807) is 21.9 Å². The van der Waals surface area contributed by atoms with Crippen molar-refractivity contribution in [3.63, 3.8) is 0 Å². The first-order chi connectivity index (χ1) is 16.2. The standard InChI is InChI=1S/C22H23ClF2N6O3/c1-3-20(32)31-8-14(7-30-10-22(24,25)11-30)34-18(9-31)13-4-16(29-19(23)5-13)15-6-17(21(33)26-2)28-12-27-15/h3-6,12,14,18H,1,7-11H2,2H3,(H,26,33)/t14-,18+/m1/s1. The van der Waals surface area contributed by atoms with Crippen LogP contribution in [0.3, 0.4) is 0 Å². The monoisotopic (exact) mass is 492 g/mol. The molecular formula is C22H23ClF2N6O3. The Bertz CT molecular complexity index is 1110. The number of amides is 2. The van der Waals surface area contributed by atoms with E-state index in [9.17, 15) is 18.4 Å². The van der Waals surface area contributed by atoms with E-state index >= 15 is 0 Å². The number of likely N-dealkylation sites (tertiary alicyclic amines) is 1. The predicted octanol–water partition coefficient (Wildman–Crippen LogP) is 1.96. The lowest BCUT2D eigenvalue weighted by atomic mass is 10.0. The summed E-state index contributed by atoms with van der Waals surface area (Å²) in [6, 6.07) is 4.82. The molecule has 2 aromatic heterocycles. The molecule has 9 nitrogen and oxygen atoms in total. The number of halogens is 3. The molecule has 2 atom stereocenters. The third-order valence-corrected chi connectivity index (χ3v) is 5.80. The predicted molar refractivity (Wildman–Crippen MR) is 119 cm³/mol. The van der Waals surface area contributed by atoms with E-state index in [0.717, 1.165) is 0 Å². The van der Waals surface area contributed by atoms with Gasteiger partial charge in [0.1, 0.15) is 23.3 Å². The molecule has 0 unspecified atom stereocenters. The number of carbonyl (C=O) groups is 2. The van der Waals surface area contributed by atoms with Crippen molar-refractivity contribution in [2.45, 2.75) is 18.1 Å². The van der Waals surface area contributed by atoms with Gasteiger partial charge < -0.3 is 15.0 Å². The molecule has 2 amide bonds. The maximum Gasteiger partial charge on any atom is 0.272 e. The van der Waals surface area contributed by atoms with Gasteiger partial charge in [0.05, 0.1) is 37.1 Å². The Labute approximate surface area is 199 Å². The van der Waals surface area contributed by atoms with Crippen LogP contribution in [0.2, 0.25) is 5.15 Å². The van der Waals surface area contributed by atoms with Crippen molar-refractivity contribution < 1.29 is 23.1 Å². The maximum absolute atomic E-state index is 13.3. The van der Waals surface area contributed by atoms with Crippen molar-refractivity contribution in [3.8, 4) is 11.4 Å². The molecular weight excluding hydrogens is 470 g/mol. The molecule has 2 saturated heterocycles. The van der Waals surface area contributed by atoms with E-state index in [-0.39, 0.29) is 55.4 Å². The lowest BCUT2D eigenvalue weighted by molar-refractivity contribution is -0.165. The van der Waals surface area contributed by atoms with Crippen molar-refractivity contribution in [1.82, 2.24) is 30.1 Å². The number of ether oxygens (including phenoxy) is 1. The van der Waals surface area contributed by atoms with Gasteiger partial charge in [-0.25, -0.2) is 23.7 Å². The summed E-state index contributed by atoms with van der Waals surface area (Å²) in [5, 5.41) is 2.67. The van der Waals surface area contributed by atoms with Gasteiger partial charge in [-0.3, -0.25) is 14.5 Å². The Morgan fingerprint density at radius 3 is 2.71 bits per heavy atom. The molecule has 34 heavy (non-hydrogen) atoms. The van der Waals surface area contributed by atoms with E-state index in [1.807, 2.05) is 0 Å². The van der Waals surface area contributed by atoms with Crippen LogP contribution in [0.15, 0.2) is 37.2 Å². The number of hydrogen-bond donors (Lipinski definition) is 1. The molecule has 0 aromatic carbocycles. The first-order valence-corrected chi connectivity index (χ1v) is 10.9. The highest BCUT2D eigenvalue weighted by molar-refractivity contribution is 6.29. The third-order valence-electron chi connectivity index (χ3n) is 5.60. The molecule has 2 aliphatic heterocycles. The number of rotatable bonds is 6. The van der Waals surface area contributed by atoms with Gasteiger partial charge in [0.2, 0.25) is 5.91 Å². The van der Waals surface area contributed by atoms with Gasteiger partial charge in [0, 0.05) is 20.1 Å². The topological polar surface area (TPSA) is 101 Å². The van der Waals surface area contributed by atoms with Gasteiger partial charge in [-0.2, -0.15) is 0 Å². The smallest absolute Gasteiger partial charge is 0.272 e. The lowest BCUT2D eigenvalue weighted by Gasteiger charge is -2.44. The Kier molecular flexibility index (Phi) is 6.87. The molecule has 0 spiro atoms. The molecule has 1 N–H and O–H groups in total. The van der Waals surface area contributed by atoms with Crippen LogP contribution in [0.1, 0.15) is 22.2 Å². The van der Waals surface area contributed by atoms with Crippen LogP contribution < -0.4 is 5.32 Å². The molecule has 2 aliphatic rings. The van der Waals surface area contributed by atoms with Gasteiger partial charge in [-0.05, 0) is 29.8 Å². The number of morpholine rings is 1. The fraction of sp³-hybridized carbons (Fsp3) is 0.409. The van der Waals surface area contributed by atoms with E-state index in [1.165, 1.54) is 25.5 Å². The van der Waals surface area contributed by atoms with E-state index in [2.05, 4.69) is 26.8 Å². The summed E-state index contributed by atoms with van der Waals surface area (Å²) in [7, 11) is 1.49. The summed E-state index contributed by atoms with van der Waals surface area (Å²) in [5.41, 5.74) is 1.57. The van der Waals surface area contributed by atoms with Crippen LogP contribution in [0.5, 0.6) is 0 Å². The fourth-order valence-electron chi connectivity index (χ4n) is 4.04. The van der Waals surface area contributed by atoms with Crippen LogP contribution in [-0.4, -0.2) is 88.4 Å². The molecule has 4 rings (SSSR count). The summed E-state index contributed by atoms with van der Waals surface area (Å²) >= 11 is 6.28. The minimum Gasteiger partial charge on any atom is -0.365 e. The molecule has 0 saturated carbocycles. The molecule has 2 aromatic rings. The lowest BCUT2D eigenvalue weighted by Crippen LogP contribution is -2.60. The quantitative estimate of drug-likeness (QED) is 0.486. The number of alkyl halides is 2. The Balaban J connectivity index is 1.60. The number of pyridine rings is 1. The van der Waals surface area contributed by atoms with Crippen molar-refractivity contribution in [2.75, 3.05) is 39.8 Å². The van der Waals surface area contributed by atoms with E-state index < -0.39 is 18.1 Å². The van der Waals surface area contributed by atoms with Crippen LogP contribution in [0.25, 0.3) is 11.4 Å². The van der Waals surface area contributed by atoms with E-state index in [4.69, 9.17) is 16.3 Å². The zero-order chi connectivity index (χ0) is 24.5. The van der Waals surface area contributed by atoms with Crippen molar-refractivity contribution >= 4 is 23.4 Å². The van der Waals surface area contributed by atoms with E-state index in [0.29, 0.717) is 17.0 Å². The summed E-state index contributed by atoms with van der Waals surface area (Å²) < 4.78 is 32.8. The summed E-state index contributed by atoms with van der Waals surface area (Å²) in [5.74, 6) is -3.35. The van der Waals surface area contributed by atoms with Gasteiger partial charge in [-0.1, -0.05) is 18.2 Å². The van der Waals surface area contributed by atoms with Crippen LogP contribution in [-0.2, 0) is 9.53 Å². The minimum atomic E-state index is -2.69. The van der Waals surface area contributed by atoms with Crippen LogP contribution >= 0.6 is 11.6 Å². The van der Waals surface area contributed by atoms with Crippen molar-refractivity contribution in [2.24, 2.45) is 0 Å². The average molecular weight is 493 g/mol. The molecule has 180 valence electrons. The maximum atomic E-state index is 13.3. The first kappa shape index (κ1) is 24.1. The Hall–Kier alpha value is -3.02. The summed E-state index contributed by atoms with van der Waals surface area (Å²) in [6.07, 6.45) is 1.41. The second-order valence-electron chi connectivity index (χ2n) is 8.20. The van der Waals surface area contributed by atoms with Crippen molar-refractivity contribution in [1.29, 1.82) is 0 Å². The first-order valence-electron chi connectivity index (χ1n) is 10.6. The van der Waals surface area contributed by atoms with Crippen LogP contribution in [0, 0.1) is 0 Å². The third kappa shape index (κ3) is 5.37. The minimum absolute atomic E-state index is 0.166. The second-order valence-corrected chi connectivity index (χ2v) is 8.58. The van der Waals surface area contributed by atoms with Gasteiger partial charge in [-0.15, -0.1) is 0 Å². The number of carbonyl (C=O) groups excluding carboxylic acids is 2. The SMILES string of the molecule is C=CC(=O)N1C[C@@H](CN2CC(F)(F)C2)O[C@H](c2cc(Cl)nc(-c3cc(C(=O)NC)ncn3)c2)C1. The highest BCUT2D eigenvalue weighted by atomic mass is 35.5. The molecule has 2 fully saturated rings. The Morgan fingerprint density at radius 2 is 2.03 bits per heavy atom. The van der Waals surface area contributed by atoms with Crippen LogP contribution in [0.4, 0.5) is 8.78 Å². The number of aromatic nitrogens is 3. The van der Waals surface area contributed by atoms with Gasteiger partial charge >= 0.3 is 0 Å². The number of nitrogens with one attached hydrogen (secondary N) is 1. The fourth-order valence-corrected chi connectivity index (χ4v) is 4.26. The van der Waals surface area contributed by atoms with Gasteiger partial charge in [0.15, 0.2) is 0 Å².